The Labute approximate surface area is 430 Å². The van der Waals surface area contributed by atoms with Crippen molar-refractivity contribution in [1.82, 2.24) is 30.6 Å². The molecule has 6 heterocycles. The van der Waals surface area contributed by atoms with Crippen LogP contribution in [0.4, 0.5) is 17.5 Å². The summed E-state index contributed by atoms with van der Waals surface area (Å²) < 4.78 is 0.832. The number of rotatable bonds is 5. The number of carbonyl (C=O) groups excluding carboxylic acids is 3. The van der Waals surface area contributed by atoms with Gasteiger partial charge < -0.3 is 16.0 Å². The molecule has 12 rings (SSSR count). The number of fused-ring (bicyclic) bond motifs is 3. The summed E-state index contributed by atoms with van der Waals surface area (Å²) in [6, 6.07) is 28.9. The number of aromatic amines is 3. The van der Waals surface area contributed by atoms with Crippen molar-refractivity contribution in [2.45, 2.75) is 131 Å². The normalized spacial score (nSPS) is 22.0. The predicted molar refractivity (Wildman–Crippen MR) is 288 cm³/mol. The molecule has 12 nitrogen and oxygen atoms in total. The minimum atomic E-state index is -0.0702. The third-order valence-electron chi connectivity index (χ3n) is 16.1. The number of ketones is 3. The second-order valence-corrected chi connectivity index (χ2v) is 23.2. The summed E-state index contributed by atoms with van der Waals surface area (Å²) in [6.45, 7) is 19.2. The average molecular weight is 1030 g/mol. The number of H-pyrrole nitrogens is 3. The van der Waals surface area contributed by atoms with Gasteiger partial charge in [-0.05, 0) is 107 Å². The van der Waals surface area contributed by atoms with E-state index in [2.05, 4.69) is 153 Å². The third kappa shape index (κ3) is 8.81. The highest BCUT2D eigenvalue weighted by Gasteiger charge is 2.46. The fourth-order valence-electron chi connectivity index (χ4n) is 12.4. The summed E-state index contributed by atoms with van der Waals surface area (Å²) in [5, 5.41) is 32.8. The molecule has 13 heteroatoms. The van der Waals surface area contributed by atoms with E-state index in [-0.39, 0.29) is 51.3 Å². The number of hydrogen-bond donors (Lipinski definition) is 6. The summed E-state index contributed by atoms with van der Waals surface area (Å²) in [6.07, 6.45) is 6.55. The SMILES string of the molecule is CC1(C)CC(=O)C2=C(C1)Nc1n[nH]c(Br)c1C2c1ccccc1.CCC1(CC)CC(=O)C2=C(C1)Nc1n[nH]c(C)c1C2c1ccccc1.Cc1ccccc1[C@H]1C2=C(CC(C)(C)CC2=O)Nc2n[nH]c(C)c21. The lowest BCUT2D eigenvalue weighted by Gasteiger charge is -2.41. The first-order chi connectivity index (χ1) is 34.4. The number of aryl methyl sites for hydroxylation is 3. The van der Waals surface area contributed by atoms with Gasteiger partial charge in [0.2, 0.25) is 0 Å². The van der Waals surface area contributed by atoms with Crippen LogP contribution < -0.4 is 16.0 Å². The Kier molecular flexibility index (Phi) is 12.8. The number of hydrogen-bond acceptors (Lipinski definition) is 9. The average Bonchev–Trinajstić information content (AvgIpc) is 4.04. The van der Waals surface area contributed by atoms with E-state index < -0.39 is 0 Å². The molecule has 3 aromatic carbocycles. The van der Waals surface area contributed by atoms with E-state index in [1.165, 1.54) is 11.1 Å². The molecular weight excluding hydrogens is 963 g/mol. The quantitative estimate of drug-likeness (QED) is 0.0982. The molecular formula is C59H66BrN9O3. The minimum absolute atomic E-state index is 0.0119. The van der Waals surface area contributed by atoms with Crippen molar-refractivity contribution >= 4 is 50.7 Å². The maximum atomic E-state index is 13.3. The van der Waals surface area contributed by atoms with E-state index >= 15 is 0 Å². The van der Waals surface area contributed by atoms with Crippen molar-refractivity contribution < 1.29 is 14.4 Å². The maximum Gasteiger partial charge on any atom is 0.162 e. The molecule has 72 heavy (non-hydrogen) atoms. The summed E-state index contributed by atoms with van der Waals surface area (Å²) in [5.41, 5.74) is 15.9. The van der Waals surface area contributed by atoms with Crippen LogP contribution in [0.1, 0.15) is 161 Å². The fourth-order valence-corrected chi connectivity index (χ4v) is 12.9. The molecule has 3 atom stereocenters. The Morgan fingerprint density at radius 2 is 0.903 bits per heavy atom. The lowest BCUT2D eigenvalue weighted by atomic mass is 9.65. The van der Waals surface area contributed by atoms with Gasteiger partial charge in [0, 0.05) is 98.9 Å². The van der Waals surface area contributed by atoms with Crippen LogP contribution in [0.15, 0.2) is 123 Å². The molecule has 0 amide bonds. The van der Waals surface area contributed by atoms with Crippen molar-refractivity contribution in [3.63, 3.8) is 0 Å². The highest BCUT2D eigenvalue weighted by Crippen LogP contribution is 2.54. The zero-order valence-electron chi connectivity index (χ0n) is 42.9. The van der Waals surface area contributed by atoms with Gasteiger partial charge in [0.25, 0.3) is 0 Å². The molecule has 0 saturated heterocycles. The molecule has 0 bridgehead atoms. The number of aromatic nitrogens is 6. The van der Waals surface area contributed by atoms with Crippen molar-refractivity contribution in [1.29, 1.82) is 0 Å². The molecule has 6 aromatic rings. The highest BCUT2D eigenvalue weighted by molar-refractivity contribution is 9.10. The number of Topliss-reactive ketones (excluding diaryl/α,β-unsaturated/α-hetero) is 3. The van der Waals surface area contributed by atoms with Crippen molar-refractivity contribution in [2.24, 2.45) is 16.2 Å². The highest BCUT2D eigenvalue weighted by atomic mass is 79.9. The Morgan fingerprint density at radius 3 is 1.40 bits per heavy atom. The number of anilines is 3. The van der Waals surface area contributed by atoms with Gasteiger partial charge in [-0.2, -0.15) is 15.3 Å². The van der Waals surface area contributed by atoms with Crippen LogP contribution in [0, 0.1) is 37.0 Å². The van der Waals surface area contributed by atoms with Crippen LogP contribution in [0.5, 0.6) is 0 Å². The van der Waals surface area contributed by atoms with Crippen LogP contribution >= 0.6 is 15.9 Å². The van der Waals surface area contributed by atoms with E-state index in [1.54, 1.807) is 0 Å². The molecule has 3 aliphatic carbocycles. The maximum absolute atomic E-state index is 13.3. The molecule has 3 aliphatic heterocycles. The largest absolute Gasteiger partial charge is 0.342 e. The van der Waals surface area contributed by atoms with Gasteiger partial charge in [-0.1, -0.05) is 126 Å². The fraction of sp³-hybridized carbons (Fsp3) is 0.390. The number of nitrogens with one attached hydrogen (secondary N) is 6. The number of nitrogens with zero attached hydrogens (tertiary/aromatic N) is 3. The second-order valence-electron chi connectivity index (χ2n) is 22.4. The molecule has 0 fully saturated rings. The van der Waals surface area contributed by atoms with E-state index in [9.17, 15) is 14.4 Å². The first-order valence-corrected chi connectivity index (χ1v) is 26.3. The van der Waals surface area contributed by atoms with E-state index in [1.807, 2.05) is 56.3 Å². The van der Waals surface area contributed by atoms with E-state index in [4.69, 9.17) is 0 Å². The van der Waals surface area contributed by atoms with Gasteiger partial charge in [-0.25, -0.2) is 0 Å². The standard InChI is InChI=1S/C21H25N3O.C20H23N3O.C18H18BrN3O/c1-4-21(5-2)11-15-19(16(25)12-21)18(14-9-7-6-8-10-14)17-13(3)23-24-20(17)22-15;1-11-7-5-6-8-13(11)17-16-12(2)22-23-19(16)21-14-9-20(3,4)10-15(24)18(14)17;1-18(2)8-11-14(12(23)9-18)13(10-6-4-3-5-7-10)15-16(19)21-22-17(15)20-11/h6-10,18H,4-5,11-12H2,1-3H3,(H2,22,23,24);5-8,17H,9-10H2,1-4H3,(H2,21,22,23);3-7,13H,8-9H2,1-2H3,(H2,20,21,22)/t;17-;/m.1./s1. The van der Waals surface area contributed by atoms with Crippen LogP contribution in [0.3, 0.4) is 0 Å². The molecule has 3 aromatic heterocycles. The molecule has 0 saturated carbocycles. The lowest BCUT2D eigenvalue weighted by molar-refractivity contribution is -0.119. The molecule has 0 spiro atoms. The summed E-state index contributed by atoms with van der Waals surface area (Å²) >= 11 is 3.56. The third-order valence-corrected chi connectivity index (χ3v) is 16.7. The van der Waals surface area contributed by atoms with Crippen molar-refractivity contribution in [2.75, 3.05) is 16.0 Å². The number of halogens is 1. The lowest BCUT2D eigenvalue weighted by Crippen LogP contribution is -2.36. The Bertz CT molecular complexity index is 3220. The second kappa shape index (κ2) is 18.8. The van der Waals surface area contributed by atoms with Gasteiger partial charge in [0.15, 0.2) is 34.8 Å². The Morgan fingerprint density at radius 1 is 0.500 bits per heavy atom. The zero-order valence-corrected chi connectivity index (χ0v) is 44.5. The summed E-state index contributed by atoms with van der Waals surface area (Å²) in [7, 11) is 0. The van der Waals surface area contributed by atoms with Gasteiger partial charge >= 0.3 is 0 Å². The molecule has 0 radical (unpaired) electrons. The number of allylic oxidation sites excluding steroid dienone is 6. The first kappa shape index (κ1) is 49.0. The van der Waals surface area contributed by atoms with Gasteiger partial charge in [-0.3, -0.25) is 29.7 Å². The van der Waals surface area contributed by atoms with Crippen LogP contribution in [0.25, 0.3) is 0 Å². The Balaban J connectivity index is 0.000000124. The molecule has 6 N–H and O–H groups in total. The molecule has 6 aliphatic rings. The van der Waals surface area contributed by atoms with Crippen molar-refractivity contribution in [3.05, 3.63) is 174 Å². The predicted octanol–water partition coefficient (Wildman–Crippen LogP) is 13.3. The number of benzene rings is 3. The van der Waals surface area contributed by atoms with E-state index in [0.29, 0.717) is 19.3 Å². The van der Waals surface area contributed by atoms with Gasteiger partial charge in [0.1, 0.15) is 4.60 Å². The Hall–Kier alpha value is -6.60. The van der Waals surface area contributed by atoms with E-state index in [0.717, 1.165) is 127 Å². The molecule has 2 unspecified atom stereocenters. The van der Waals surface area contributed by atoms with Crippen LogP contribution in [-0.4, -0.2) is 47.9 Å². The van der Waals surface area contributed by atoms with Crippen molar-refractivity contribution in [3.8, 4) is 0 Å². The zero-order chi connectivity index (χ0) is 50.9. The van der Waals surface area contributed by atoms with Crippen LogP contribution in [0.2, 0.25) is 0 Å². The minimum Gasteiger partial charge on any atom is -0.342 e. The summed E-state index contributed by atoms with van der Waals surface area (Å²) in [5.74, 6) is 3.22. The van der Waals surface area contributed by atoms with Gasteiger partial charge in [0.05, 0.1) is 0 Å². The number of carbonyl (C=O) groups is 3. The smallest absolute Gasteiger partial charge is 0.162 e. The monoisotopic (exact) mass is 1030 g/mol. The summed E-state index contributed by atoms with van der Waals surface area (Å²) in [4.78, 5) is 39.2. The first-order valence-electron chi connectivity index (χ1n) is 25.5. The topological polar surface area (TPSA) is 173 Å². The van der Waals surface area contributed by atoms with Gasteiger partial charge in [-0.15, -0.1) is 0 Å². The van der Waals surface area contributed by atoms with Crippen LogP contribution in [-0.2, 0) is 14.4 Å². The molecule has 372 valence electrons.